The Labute approximate surface area is 88.1 Å². The molecule has 0 aliphatic rings. The van der Waals surface area contributed by atoms with Gasteiger partial charge in [0.25, 0.3) is 0 Å². The van der Waals surface area contributed by atoms with Crippen LogP contribution in [0.25, 0.3) is 0 Å². The summed E-state index contributed by atoms with van der Waals surface area (Å²) in [4.78, 5) is 11.2. The lowest BCUT2D eigenvalue weighted by atomic mass is 10.1. The standard InChI is InChI=1S/C8H6ClF3N2O/c1-3-4(15)5-6(8(10,11)12)13-14(2)7(5)9/h3H,1H2,2H3. The lowest BCUT2D eigenvalue weighted by Crippen LogP contribution is -2.11. The molecule has 7 heteroatoms. The van der Waals surface area contributed by atoms with Crippen molar-refractivity contribution in [1.29, 1.82) is 0 Å². The monoisotopic (exact) mass is 238 g/mol. The number of alkyl halides is 3. The molecule has 0 fully saturated rings. The largest absolute Gasteiger partial charge is 0.435 e. The predicted molar refractivity (Wildman–Crippen MR) is 47.7 cm³/mol. The van der Waals surface area contributed by atoms with Crippen LogP contribution in [-0.4, -0.2) is 15.6 Å². The molecule has 0 unspecified atom stereocenters. The van der Waals surface area contributed by atoms with Gasteiger partial charge in [-0.2, -0.15) is 18.3 Å². The van der Waals surface area contributed by atoms with Crippen LogP contribution in [0.2, 0.25) is 5.15 Å². The number of aromatic nitrogens is 2. The van der Waals surface area contributed by atoms with Crippen molar-refractivity contribution >= 4 is 17.4 Å². The first-order valence-corrected chi connectivity index (χ1v) is 4.13. The number of halogens is 4. The smallest absolute Gasteiger partial charge is 0.289 e. The molecule has 0 saturated carbocycles. The van der Waals surface area contributed by atoms with Gasteiger partial charge in [-0.1, -0.05) is 18.2 Å². The van der Waals surface area contributed by atoms with E-state index in [4.69, 9.17) is 11.6 Å². The second kappa shape index (κ2) is 3.69. The molecule has 0 atom stereocenters. The number of ketones is 1. The normalized spacial score (nSPS) is 11.5. The van der Waals surface area contributed by atoms with Crippen molar-refractivity contribution in [1.82, 2.24) is 9.78 Å². The number of carbonyl (C=O) groups excluding carboxylic acids is 1. The molecule has 82 valence electrons. The summed E-state index contributed by atoms with van der Waals surface area (Å²) in [5.74, 6) is -0.902. The Balaban J connectivity index is 3.47. The molecule has 1 aromatic rings. The van der Waals surface area contributed by atoms with Gasteiger partial charge >= 0.3 is 6.18 Å². The quantitative estimate of drug-likeness (QED) is 0.586. The lowest BCUT2D eigenvalue weighted by Gasteiger charge is -2.03. The highest BCUT2D eigenvalue weighted by Crippen LogP contribution is 2.34. The maximum Gasteiger partial charge on any atom is 0.435 e. The number of rotatable bonds is 2. The first kappa shape index (κ1) is 11.8. The van der Waals surface area contributed by atoms with Gasteiger partial charge in [0.05, 0.1) is 5.56 Å². The van der Waals surface area contributed by atoms with Crippen molar-refractivity contribution in [3.05, 3.63) is 29.1 Å². The number of nitrogens with zero attached hydrogens (tertiary/aromatic N) is 2. The summed E-state index contributed by atoms with van der Waals surface area (Å²) in [5.41, 5.74) is -1.96. The summed E-state index contributed by atoms with van der Waals surface area (Å²) in [6.07, 6.45) is -3.95. The zero-order valence-corrected chi connectivity index (χ0v) is 8.35. The predicted octanol–water partition coefficient (Wildman–Crippen LogP) is 2.46. The SMILES string of the molecule is C=CC(=O)c1c(C(F)(F)F)nn(C)c1Cl. The molecule has 1 rings (SSSR count). The minimum atomic E-state index is -4.71. The molecule has 0 N–H and O–H groups in total. The molecule has 0 bridgehead atoms. The van der Waals surface area contributed by atoms with Crippen LogP contribution in [0.4, 0.5) is 13.2 Å². The van der Waals surface area contributed by atoms with E-state index in [1.807, 2.05) is 0 Å². The number of aryl methyl sites for hydroxylation is 1. The fourth-order valence-electron chi connectivity index (χ4n) is 1.02. The van der Waals surface area contributed by atoms with Gasteiger partial charge in [-0.15, -0.1) is 0 Å². The third kappa shape index (κ3) is 2.04. The summed E-state index contributed by atoms with van der Waals surface area (Å²) >= 11 is 5.53. The summed E-state index contributed by atoms with van der Waals surface area (Å²) in [5, 5.41) is 2.79. The van der Waals surface area contributed by atoms with E-state index in [2.05, 4.69) is 11.7 Å². The van der Waals surface area contributed by atoms with E-state index in [1.165, 1.54) is 7.05 Å². The van der Waals surface area contributed by atoms with Crippen LogP contribution in [0.3, 0.4) is 0 Å². The van der Waals surface area contributed by atoms with Crippen LogP contribution in [0, 0.1) is 0 Å². The summed E-state index contributed by atoms with van der Waals surface area (Å²) in [6, 6.07) is 0. The zero-order chi connectivity index (χ0) is 11.8. The van der Waals surface area contributed by atoms with Crippen LogP contribution < -0.4 is 0 Å². The molecule has 1 heterocycles. The highest BCUT2D eigenvalue weighted by atomic mass is 35.5. The Morgan fingerprint density at radius 1 is 1.60 bits per heavy atom. The van der Waals surface area contributed by atoms with Crippen molar-refractivity contribution in [3.8, 4) is 0 Å². The minimum Gasteiger partial charge on any atom is -0.289 e. The van der Waals surface area contributed by atoms with Gasteiger partial charge in [-0.25, -0.2) is 0 Å². The van der Waals surface area contributed by atoms with E-state index >= 15 is 0 Å². The third-order valence-corrected chi connectivity index (χ3v) is 2.11. The molecule has 15 heavy (non-hydrogen) atoms. The Kier molecular flexibility index (Phi) is 2.90. The van der Waals surface area contributed by atoms with E-state index in [0.717, 1.165) is 10.8 Å². The van der Waals surface area contributed by atoms with Crippen LogP contribution in [0.1, 0.15) is 16.1 Å². The molecular weight excluding hydrogens is 233 g/mol. The molecule has 0 spiro atoms. The molecule has 0 amide bonds. The van der Waals surface area contributed by atoms with Crippen molar-refractivity contribution in [2.45, 2.75) is 6.18 Å². The van der Waals surface area contributed by atoms with Crippen LogP contribution in [-0.2, 0) is 13.2 Å². The van der Waals surface area contributed by atoms with Crippen LogP contribution >= 0.6 is 11.6 Å². The van der Waals surface area contributed by atoms with Crippen LogP contribution in [0.5, 0.6) is 0 Å². The van der Waals surface area contributed by atoms with Gasteiger partial charge in [0, 0.05) is 7.05 Å². The first-order valence-electron chi connectivity index (χ1n) is 3.75. The summed E-state index contributed by atoms with van der Waals surface area (Å²) in [7, 11) is 1.22. The fraction of sp³-hybridized carbons (Fsp3) is 0.250. The Morgan fingerprint density at radius 2 is 2.13 bits per heavy atom. The van der Waals surface area contributed by atoms with E-state index < -0.39 is 23.2 Å². The number of hydrogen-bond donors (Lipinski definition) is 0. The number of hydrogen-bond acceptors (Lipinski definition) is 2. The molecule has 3 nitrogen and oxygen atoms in total. The molecule has 0 aliphatic heterocycles. The van der Waals surface area contributed by atoms with Crippen molar-refractivity contribution in [2.75, 3.05) is 0 Å². The van der Waals surface area contributed by atoms with Gasteiger partial charge in [-0.3, -0.25) is 9.48 Å². The van der Waals surface area contributed by atoms with Crippen molar-refractivity contribution in [3.63, 3.8) is 0 Å². The minimum absolute atomic E-state index is 0.354. The fourth-order valence-corrected chi connectivity index (χ4v) is 1.24. The number of allylic oxidation sites excluding steroid dienone is 1. The average Bonchev–Trinajstić information content (AvgIpc) is 2.42. The van der Waals surface area contributed by atoms with E-state index in [-0.39, 0.29) is 5.15 Å². The first-order chi connectivity index (χ1) is 6.79. The van der Waals surface area contributed by atoms with E-state index in [0.29, 0.717) is 0 Å². The maximum atomic E-state index is 12.4. The second-order valence-electron chi connectivity index (χ2n) is 2.70. The Bertz CT molecular complexity index is 422. The average molecular weight is 239 g/mol. The molecule has 0 aromatic carbocycles. The lowest BCUT2D eigenvalue weighted by molar-refractivity contribution is -0.141. The number of carbonyl (C=O) groups is 1. The maximum absolute atomic E-state index is 12.4. The highest BCUT2D eigenvalue weighted by Gasteiger charge is 2.40. The topological polar surface area (TPSA) is 34.9 Å². The van der Waals surface area contributed by atoms with Gasteiger partial charge < -0.3 is 0 Å². The van der Waals surface area contributed by atoms with Gasteiger partial charge in [0.2, 0.25) is 0 Å². The Hall–Kier alpha value is -1.30. The summed E-state index contributed by atoms with van der Waals surface area (Å²) in [6.45, 7) is 3.10. The van der Waals surface area contributed by atoms with Crippen LogP contribution in [0.15, 0.2) is 12.7 Å². The molecule has 0 radical (unpaired) electrons. The summed E-state index contributed by atoms with van der Waals surface area (Å²) < 4.78 is 38.0. The van der Waals surface area contributed by atoms with Gasteiger partial charge in [0.15, 0.2) is 11.5 Å². The van der Waals surface area contributed by atoms with E-state index in [1.54, 1.807) is 0 Å². The van der Waals surface area contributed by atoms with E-state index in [9.17, 15) is 18.0 Å². The van der Waals surface area contributed by atoms with Crippen molar-refractivity contribution in [2.24, 2.45) is 7.05 Å². The zero-order valence-electron chi connectivity index (χ0n) is 7.60. The van der Waals surface area contributed by atoms with Gasteiger partial charge in [0.1, 0.15) is 5.15 Å². The third-order valence-electron chi connectivity index (χ3n) is 1.68. The molecular formula is C8H6ClF3N2O. The molecule has 1 aromatic heterocycles. The highest BCUT2D eigenvalue weighted by molar-refractivity contribution is 6.33. The van der Waals surface area contributed by atoms with Crippen molar-refractivity contribution < 1.29 is 18.0 Å². The molecule has 0 aliphatic carbocycles. The molecule has 0 saturated heterocycles. The second-order valence-corrected chi connectivity index (χ2v) is 3.06. The Morgan fingerprint density at radius 3 is 2.53 bits per heavy atom. The van der Waals surface area contributed by atoms with Gasteiger partial charge in [-0.05, 0) is 6.08 Å².